The van der Waals surface area contributed by atoms with Crippen molar-refractivity contribution >= 4 is 29.4 Å². The Labute approximate surface area is 180 Å². The number of rotatable bonds is 4. The number of imide groups is 1. The zero-order valence-corrected chi connectivity index (χ0v) is 17.2. The first-order chi connectivity index (χ1) is 15.1. The maximum Gasteiger partial charge on any atom is 0.262 e. The highest BCUT2D eigenvalue weighted by atomic mass is 16.2. The van der Waals surface area contributed by atoms with E-state index in [1.54, 1.807) is 29.2 Å². The van der Waals surface area contributed by atoms with Crippen LogP contribution in [0.1, 0.15) is 33.6 Å². The normalized spacial score (nSPS) is 18.7. The Morgan fingerprint density at radius 2 is 1.26 bits per heavy atom. The number of nitrogens with zero attached hydrogens (tertiary/aromatic N) is 6. The van der Waals surface area contributed by atoms with E-state index in [4.69, 9.17) is 0 Å². The van der Waals surface area contributed by atoms with Crippen LogP contribution in [0, 0.1) is 0 Å². The maximum atomic E-state index is 12.8. The van der Waals surface area contributed by atoms with Crippen molar-refractivity contribution in [2.45, 2.75) is 12.8 Å². The number of benzene rings is 1. The largest absolute Gasteiger partial charge is 0.355 e. The van der Waals surface area contributed by atoms with Gasteiger partial charge in [-0.25, -0.2) is 0 Å². The van der Waals surface area contributed by atoms with Gasteiger partial charge in [0.25, 0.3) is 11.8 Å². The quantitative estimate of drug-likeness (QED) is 0.682. The smallest absolute Gasteiger partial charge is 0.262 e. The van der Waals surface area contributed by atoms with Crippen LogP contribution in [0.4, 0.5) is 11.6 Å². The minimum atomic E-state index is -0.402. The Morgan fingerprint density at radius 1 is 0.742 bits per heavy atom. The third-order valence-electron chi connectivity index (χ3n) is 6.19. The van der Waals surface area contributed by atoms with Crippen molar-refractivity contribution in [1.82, 2.24) is 20.0 Å². The van der Waals surface area contributed by atoms with E-state index >= 15 is 0 Å². The second-order valence-corrected chi connectivity index (χ2v) is 8.05. The molecule has 3 amide bonds. The Morgan fingerprint density at radius 3 is 1.77 bits per heavy atom. The van der Waals surface area contributed by atoms with Gasteiger partial charge >= 0.3 is 0 Å². The molecule has 0 saturated carbocycles. The summed E-state index contributed by atoms with van der Waals surface area (Å²) in [4.78, 5) is 44.8. The van der Waals surface area contributed by atoms with Gasteiger partial charge in [-0.2, -0.15) is 0 Å². The van der Waals surface area contributed by atoms with Crippen LogP contribution in [0.2, 0.25) is 0 Å². The molecule has 0 aliphatic carbocycles. The van der Waals surface area contributed by atoms with Crippen molar-refractivity contribution in [2.24, 2.45) is 0 Å². The van der Waals surface area contributed by atoms with Gasteiger partial charge < -0.3 is 14.7 Å². The van der Waals surface area contributed by atoms with Crippen LogP contribution in [-0.2, 0) is 4.79 Å². The number of amides is 3. The highest BCUT2D eigenvalue weighted by Crippen LogP contribution is 2.23. The van der Waals surface area contributed by atoms with Gasteiger partial charge in [0.1, 0.15) is 6.54 Å². The molecule has 2 saturated heterocycles. The molecule has 3 aliphatic rings. The number of hydrogen-bond donors (Lipinski definition) is 0. The highest BCUT2D eigenvalue weighted by molar-refractivity contribution is 6.22. The molecule has 0 bridgehead atoms. The molecule has 0 unspecified atom stereocenters. The number of carbonyl (C=O) groups is 3. The summed E-state index contributed by atoms with van der Waals surface area (Å²) in [5.74, 6) is 0.693. The van der Waals surface area contributed by atoms with E-state index in [-0.39, 0.29) is 12.5 Å². The molecule has 0 atom stereocenters. The Bertz CT molecular complexity index is 975. The monoisotopic (exact) mass is 420 g/mol. The number of hydrogen-bond acceptors (Lipinski definition) is 7. The molecule has 4 heterocycles. The summed E-state index contributed by atoms with van der Waals surface area (Å²) >= 11 is 0. The van der Waals surface area contributed by atoms with E-state index in [9.17, 15) is 14.4 Å². The lowest BCUT2D eigenvalue weighted by molar-refractivity contribution is -0.131. The van der Waals surface area contributed by atoms with E-state index in [1.807, 2.05) is 12.1 Å². The van der Waals surface area contributed by atoms with Crippen molar-refractivity contribution in [1.29, 1.82) is 0 Å². The lowest BCUT2D eigenvalue weighted by atomic mass is 10.1. The molecule has 3 aliphatic heterocycles. The Balaban J connectivity index is 1.17. The van der Waals surface area contributed by atoms with Crippen molar-refractivity contribution in [3.05, 3.63) is 47.5 Å². The summed E-state index contributed by atoms with van der Waals surface area (Å²) in [5, 5.41) is 8.74. The van der Waals surface area contributed by atoms with Gasteiger partial charge in [-0.15, -0.1) is 10.2 Å². The van der Waals surface area contributed by atoms with Gasteiger partial charge in [-0.1, -0.05) is 12.1 Å². The summed E-state index contributed by atoms with van der Waals surface area (Å²) in [6, 6.07) is 10.7. The van der Waals surface area contributed by atoms with Crippen LogP contribution in [0.5, 0.6) is 0 Å². The van der Waals surface area contributed by atoms with Crippen LogP contribution in [0.25, 0.3) is 0 Å². The fourth-order valence-electron chi connectivity index (χ4n) is 4.40. The zero-order chi connectivity index (χ0) is 21.4. The summed E-state index contributed by atoms with van der Waals surface area (Å²) in [6.45, 7) is 4.12. The molecule has 0 radical (unpaired) electrons. The molecule has 2 fully saturated rings. The van der Waals surface area contributed by atoms with Crippen LogP contribution < -0.4 is 9.80 Å². The van der Waals surface area contributed by atoms with Gasteiger partial charge in [0.2, 0.25) is 5.91 Å². The van der Waals surface area contributed by atoms with Crippen molar-refractivity contribution in [3.63, 3.8) is 0 Å². The number of carbonyl (C=O) groups excluding carboxylic acids is 3. The average Bonchev–Trinajstić information content (AvgIpc) is 3.44. The van der Waals surface area contributed by atoms with Gasteiger partial charge in [0.15, 0.2) is 11.6 Å². The minimum absolute atomic E-state index is 0.218. The van der Waals surface area contributed by atoms with Crippen LogP contribution in [0.3, 0.4) is 0 Å². The van der Waals surface area contributed by atoms with E-state index < -0.39 is 11.8 Å². The number of fused-ring (bicyclic) bond motifs is 1. The van der Waals surface area contributed by atoms with Gasteiger partial charge in [0, 0.05) is 39.3 Å². The minimum Gasteiger partial charge on any atom is -0.355 e. The first-order valence-electron chi connectivity index (χ1n) is 10.7. The molecule has 5 rings (SSSR count). The molecular weight excluding hydrogens is 396 g/mol. The standard InChI is InChI=1S/C22H24N6O3/c29-20(15-28-21(30)16-5-1-2-6-17(16)22(28)31)27-13-11-26(12-14-27)19-8-7-18(23-24-19)25-9-3-4-10-25/h1-2,5-8H,3-4,9-15H2. The topological polar surface area (TPSA) is 90.0 Å². The second-order valence-electron chi connectivity index (χ2n) is 8.05. The van der Waals surface area contributed by atoms with Gasteiger partial charge in [-0.3, -0.25) is 19.3 Å². The van der Waals surface area contributed by atoms with E-state index in [0.29, 0.717) is 37.3 Å². The predicted octanol–water partition coefficient (Wildman–Crippen LogP) is 1.02. The molecule has 0 N–H and O–H groups in total. The maximum absolute atomic E-state index is 12.8. The lowest BCUT2D eigenvalue weighted by Crippen LogP contribution is -2.52. The van der Waals surface area contributed by atoms with Crippen molar-refractivity contribution < 1.29 is 14.4 Å². The van der Waals surface area contributed by atoms with Crippen molar-refractivity contribution in [2.75, 3.05) is 55.6 Å². The molecule has 9 nitrogen and oxygen atoms in total. The molecular formula is C22H24N6O3. The summed E-state index contributed by atoms with van der Waals surface area (Å²) in [7, 11) is 0. The Kier molecular flexibility index (Phi) is 5.01. The van der Waals surface area contributed by atoms with E-state index in [2.05, 4.69) is 20.0 Å². The number of aromatic nitrogens is 2. The lowest BCUT2D eigenvalue weighted by Gasteiger charge is -2.35. The molecule has 1 aromatic heterocycles. The Hall–Kier alpha value is -3.49. The molecule has 1 aromatic carbocycles. The van der Waals surface area contributed by atoms with Crippen LogP contribution in [-0.4, -0.2) is 83.5 Å². The summed E-state index contributed by atoms with van der Waals surface area (Å²) < 4.78 is 0. The fraction of sp³-hybridized carbons (Fsp3) is 0.409. The van der Waals surface area contributed by atoms with Gasteiger partial charge in [0.05, 0.1) is 11.1 Å². The number of anilines is 2. The molecule has 160 valence electrons. The molecule has 9 heteroatoms. The first-order valence-corrected chi connectivity index (χ1v) is 10.7. The third-order valence-corrected chi connectivity index (χ3v) is 6.19. The fourth-order valence-corrected chi connectivity index (χ4v) is 4.40. The van der Waals surface area contributed by atoms with Crippen LogP contribution in [0.15, 0.2) is 36.4 Å². The average molecular weight is 420 g/mol. The highest BCUT2D eigenvalue weighted by Gasteiger charge is 2.37. The predicted molar refractivity (Wildman–Crippen MR) is 114 cm³/mol. The van der Waals surface area contributed by atoms with E-state index in [1.165, 1.54) is 12.8 Å². The van der Waals surface area contributed by atoms with Gasteiger partial charge in [-0.05, 0) is 37.1 Å². The molecule has 2 aromatic rings. The first kappa shape index (κ1) is 19.5. The second kappa shape index (κ2) is 7.98. The number of piperazine rings is 1. The van der Waals surface area contributed by atoms with Crippen molar-refractivity contribution in [3.8, 4) is 0 Å². The SMILES string of the molecule is O=C(CN1C(=O)c2ccccc2C1=O)N1CCN(c2ccc(N3CCCC3)nn2)CC1. The molecule has 31 heavy (non-hydrogen) atoms. The van der Waals surface area contributed by atoms with Crippen LogP contribution >= 0.6 is 0 Å². The summed E-state index contributed by atoms with van der Waals surface area (Å²) in [6.07, 6.45) is 2.39. The summed E-state index contributed by atoms with van der Waals surface area (Å²) in [5.41, 5.74) is 0.724. The molecule has 0 spiro atoms. The third kappa shape index (κ3) is 3.60. The zero-order valence-electron chi connectivity index (χ0n) is 17.2. The van der Waals surface area contributed by atoms with E-state index in [0.717, 1.165) is 29.6 Å².